The number of hydrogen-bond acceptors (Lipinski definition) is 0. The number of aryl methyl sites for hydroxylation is 1. The Balaban J connectivity index is 1.30. The largest absolute Gasteiger partial charge is 0.203 e. The summed E-state index contributed by atoms with van der Waals surface area (Å²) in [5.41, 5.74) is 1.11. The molecule has 4 unspecified atom stereocenters. The Morgan fingerprint density at radius 1 is 0.839 bits per heavy atom. The fourth-order valence-electron chi connectivity index (χ4n) is 7.39. The predicted octanol–water partition coefficient (Wildman–Crippen LogP) is 8.99. The third-order valence-electron chi connectivity index (χ3n) is 9.15. The Morgan fingerprint density at radius 3 is 2.19 bits per heavy atom. The molecule has 0 spiro atoms. The highest BCUT2D eigenvalue weighted by Crippen LogP contribution is 2.50. The highest BCUT2D eigenvalue weighted by molar-refractivity contribution is 5.29. The van der Waals surface area contributed by atoms with Gasteiger partial charge in [-0.05, 0) is 117 Å². The molecule has 0 heterocycles. The van der Waals surface area contributed by atoms with Crippen molar-refractivity contribution < 1.29 is 8.78 Å². The highest BCUT2D eigenvalue weighted by Gasteiger charge is 2.39. The lowest BCUT2D eigenvalue weighted by molar-refractivity contribution is 0.0616. The molecule has 3 saturated carbocycles. The molecule has 172 valence electrons. The van der Waals surface area contributed by atoms with E-state index in [1.165, 1.54) is 64.2 Å². The number of halogens is 2. The van der Waals surface area contributed by atoms with Crippen LogP contribution in [0, 0.1) is 41.2 Å². The van der Waals surface area contributed by atoms with Crippen molar-refractivity contribution in [3.63, 3.8) is 0 Å². The maximum Gasteiger partial charge on any atom is 0.162 e. The topological polar surface area (TPSA) is 0 Å². The molecule has 1 aromatic rings. The minimum absolute atomic E-state index is 0.194. The molecule has 2 heteroatoms. The monoisotopic (exact) mass is 428 g/mol. The van der Waals surface area contributed by atoms with Crippen LogP contribution in [0.1, 0.15) is 107 Å². The molecule has 0 aliphatic heterocycles. The van der Waals surface area contributed by atoms with E-state index in [1.807, 2.05) is 6.07 Å². The van der Waals surface area contributed by atoms with Crippen LogP contribution in [0.3, 0.4) is 0 Å². The molecule has 0 aromatic heterocycles. The average Bonchev–Trinajstić information content (AvgIpc) is 2.80. The molecule has 0 radical (unpaired) electrons. The van der Waals surface area contributed by atoms with Crippen molar-refractivity contribution in [1.29, 1.82) is 0 Å². The summed E-state index contributed by atoms with van der Waals surface area (Å²) in [5, 5.41) is 0. The van der Waals surface area contributed by atoms with E-state index in [9.17, 15) is 8.78 Å². The minimum atomic E-state index is -0.626. The Kier molecular flexibility index (Phi) is 7.88. The zero-order chi connectivity index (χ0) is 21.8. The van der Waals surface area contributed by atoms with Crippen LogP contribution in [0.5, 0.6) is 0 Å². The summed E-state index contributed by atoms with van der Waals surface area (Å²) in [4.78, 5) is 0. The van der Waals surface area contributed by atoms with Crippen molar-refractivity contribution in [2.24, 2.45) is 29.6 Å². The molecule has 0 bridgehead atoms. The van der Waals surface area contributed by atoms with Gasteiger partial charge in [-0.25, -0.2) is 8.78 Å². The van der Waals surface area contributed by atoms with E-state index in [1.54, 1.807) is 12.1 Å². The molecule has 0 N–H and O–H groups in total. The van der Waals surface area contributed by atoms with Crippen LogP contribution in [0.25, 0.3) is 0 Å². The number of fused-ring (bicyclic) bond motifs is 1. The van der Waals surface area contributed by atoms with Gasteiger partial charge in [-0.15, -0.1) is 6.58 Å². The SMILES string of the molecule is C=CCCc1ccc(C2CCC(C3CCC4CC(CCC)CCC4C3)CC2)c(F)c1F. The molecule has 31 heavy (non-hydrogen) atoms. The molecule has 0 saturated heterocycles. The molecule has 0 amide bonds. The van der Waals surface area contributed by atoms with E-state index in [-0.39, 0.29) is 5.92 Å². The van der Waals surface area contributed by atoms with Gasteiger partial charge in [-0.2, -0.15) is 0 Å². The second-order valence-corrected chi connectivity index (χ2v) is 10.9. The highest BCUT2D eigenvalue weighted by atomic mass is 19.2. The first-order chi connectivity index (χ1) is 15.1. The number of benzene rings is 1. The summed E-state index contributed by atoms with van der Waals surface area (Å²) in [6.07, 6.45) is 18.9. The second kappa shape index (κ2) is 10.6. The van der Waals surface area contributed by atoms with Gasteiger partial charge in [0, 0.05) is 0 Å². The van der Waals surface area contributed by atoms with Crippen LogP contribution in [-0.4, -0.2) is 0 Å². The molecular weight excluding hydrogens is 386 g/mol. The van der Waals surface area contributed by atoms with E-state index in [4.69, 9.17) is 0 Å². The van der Waals surface area contributed by atoms with Gasteiger partial charge in [0.1, 0.15) is 0 Å². The molecule has 4 atom stereocenters. The summed E-state index contributed by atoms with van der Waals surface area (Å²) in [5.74, 6) is 3.64. The van der Waals surface area contributed by atoms with Crippen LogP contribution in [0.2, 0.25) is 0 Å². The summed E-state index contributed by atoms with van der Waals surface area (Å²) in [6, 6.07) is 3.67. The van der Waals surface area contributed by atoms with Gasteiger partial charge in [0.25, 0.3) is 0 Å². The van der Waals surface area contributed by atoms with Crippen LogP contribution < -0.4 is 0 Å². The van der Waals surface area contributed by atoms with Crippen LogP contribution in [0.4, 0.5) is 8.78 Å². The van der Waals surface area contributed by atoms with Gasteiger partial charge >= 0.3 is 0 Å². The van der Waals surface area contributed by atoms with Crippen molar-refractivity contribution >= 4 is 0 Å². The third kappa shape index (κ3) is 5.25. The number of hydrogen-bond donors (Lipinski definition) is 0. The van der Waals surface area contributed by atoms with Crippen LogP contribution in [-0.2, 0) is 6.42 Å². The lowest BCUT2D eigenvalue weighted by atomic mass is 9.60. The zero-order valence-corrected chi connectivity index (χ0v) is 19.6. The van der Waals surface area contributed by atoms with Crippen LogP contribution >= 0.6 is 0 Å². The second-order valence-electron chi connectivity index (χ2n) is 10.9. The molecule has 3 aliphatic carbocycles. The van der Waals surface area contributed by atoms with Gasteiger partial charge in [-0.3, -0.25) is 0 Å². The smallest absolute Gasteiger partial charge is 0.162 e. The Morgan fingerprint density at radius 2 is 1.48 bits per heavy atom. The molecule has 3 aliphatic rings. The molecular formula is C29H42F2. The average molecular weight is 429 g/mol. The molecule has 4 rings (SSSR count). The lowest BCUT2D eigenvalue weighted by Crippen LogP contribution is -2.34. The predicted molar refractivity (Wildman–Crippen MR) is 126 cm³/mol. The summed E-state index contributed by atoms with van der Waals surface area (Å²) in [6.45, 7) is 6.01. The van der Waals surface area contributed by atoms with Crippen molar-refractivity contribution in [3.05, 3.63) is 47.5 Å². The van der Waals surface area contributed by atoms with E-state index < -0.39 is 11.6 Å². The first-order valence-electron chi connectivity index (χ1n) is 13.2. The van der Waals surface area contributed by atoms with E-state index in [0.29, 0.717) is 24.0 Å². The van der Waals surface area contributed by atoms with E-state index >= 15 is 0 Å². The van der Waals surface area contributed by atoms with Crippen molar-refractivity contribution in [2.75, 3.05) is 0 Å². The van der Waals surface area contributed by atoms with E-state index in [0.717, 1.165) is 42.4 Å². The van der Waals surface area contributed by atoms with Gasteiger partial charge in [0.15, 0.2) is 11.6 Å². The summed E-state index contributed by atoms with van der Waals surface area (Å²) >= 11 is 0. The van der Waals surface area contributed by atoms with Crippen LogP contribution in [0.15, 0.2) is 24.8 Å². The molecule has 1 aromatic carbocycles. The number of allylic oxidation sites excluding steroid dienone is 1. The first-order valence-corrected chi connectivity index (χ1v) is 13.2. The first kappa shape index (κ1) is 23.0. The molecule has 0 nitrogen and oxygen atoms in total. The van der Waals surface area contributed by atoms with Gasteiger partial charge in [-0.1, -0.05) is 44.4 Å². The fraction of sp³-hybridized carbons (Fsp3) is 0.724. The Hall–Kier alpha value is -1.18. The summed E-state index contributed by atoms with van der Waals surface area (Å²) in [7, 11) is 0. The third-order valence-corrected chi connectivity index (χ3v) is 9.15. The fourth-order valence-corrected chi connectivity index (χ4v) is 7.39. The quantitative estimate of drug-likeness (QED) is 0.380. The lowest BCUT2D eigenvalue weighted by Gasteiger charge is -2.45. The zero-order valence-electron chi connectivity index (χ0n) is 19.6. The van der Waals surface area contributed by atoms with E-state index in [2.05, 4.69) is 13.5 Å². The minimum Gasteiger partial charge on any atom is -0.203 e. The van der Waals surface area contributed by atoms with Gasteiger partial charge in [0.2, 0.25) is 0 Å². The van der Waals surface area contributed by atoms with Crippen molar-refractivity contribution in [3.8, 4) is 0 Å². The van der Waals surface area contributed by atoms with Gasteiger partial charge < -0.3 is 0 Å². The molecule has 3 fully saturated rings. The maximum atomic E-state index is 14.8. The van der Waals surface area contributed by atoms with Crippen molar-refractivity contribution in [1.82, 2.24) is 0 Å². The van der Waals surface area contributed by atoms with Gasteiger partial charge in [0.05, 0.1) is 0 Å². The Labute approximate surface area is 188 Å². The standard InChI is InChI=1S/C29H42F2/c1-3-5-7-23-16-17-27(29(31)28(23)30)22-12-10-21(11-13-22)25-15-14-24-18-20(6-4-2)8-9-26(24)19-25/h3,16-17,20-22,24-26H,1,4-15,18-19H2,2H3. The normalized spacial score (nSPS) is 33.6. The summed E-state index contributed by atoms with van der Waals surface area (Å²) < 4.78 is 29.3. The Bertz CT molecular complexity index is 730. The maximum absolute atomic E-state index is 14.8. The van der Waals surface area contributed by atoms with Crippen molar-refractivity contribution in [2.45, 2.75) is 103 Å². The number of rotatable bonds is 7.